The maximum absolute atomic E-state index is 12.5. The number of Topliss-reactive ketones (excluding diaryl/α,β-unsaturated/α-hetero) is 1. The van der Waals surface area contributed by atoms with Crippen molar-refractivity contribution in [3.8, 4) is 0 Å². The van der Waals surface area contributed by atoms with E-state index in [0.717, 1.165) is 5.69 Å². The molecule has 0 bridgehead atoms. The number of carbonyl (C=O) groups excluding carboxylic acids is 1. The fourth-order valence-corrected chi connectivity index (χ4v) is 3.63. The minimum atomic E-state index is -1.50. The molecule has 4 rings (SSSR count). The van der Waals surface area contributed by atoms with E-state index in [-0.39, 0.29) is 5.78 Å². The summed E-state index contributed by atoms with van der Waals surface area (Å²) in [6.07, 6.45) is 0.352. The highest BCUT2D eigenvalue weighted by Crippen LogP contribution is 2.41. The van der Waals surface area contributed by atoms with E-state index in [1.165, 1.54) is 11.3 Å². The van der Waals surface area contributed by atoms with Gasteiger partial charge < -0.3 is 15.7 Å². The van der Waals surface area contributed by atoms with E-state index in [9.17, 15) is 9.90 Å². The lowest BCUT2D eigenvalue weighted by atomic mass is 9.90. The number of nitrogen functional groups attached to an aromatic ring is 1. The molecule has 0 amide bonds. The number of benzene rings is 1. The minimum Gasteiger partial charge on any atom is -0.399 e. The van der Waals surface area contributed by atoms with Crippen LogP contribution in [0.2, 0.25) is 0 Å². The molecule has 1 aromatic carbocycles. The smallest absolute Gasteiger partial charge is 0.205 e. The molecule has 0 radical (unpaired) electrons. The molecule has 2 aliphatic rings. The van der Waals surface area contributed by atoms with Gasteiger partial charge in [-0.05, 0) is 35.7 Å². The molecule has 5 nitrogen and oxygen atoms in total. The quantitative estimate of drug-likeness (QED) is 0.791. The van der Waals surface area contributed by atoms with Gasteiger partial charge in [-0.2, -0.15) is 0 Å². The van der Waals surface area contributed by atoms with Crippen molar-refractivity contribution in [3.63, 3.8) is 0 Å². The van der Waals surface area contributed by atoms with Gasteiger partial charge in [0.05, 0.1) is 5.56 Å². The van der Waals surface area contributed by atoms with E-state index in [1.54, 1.807) is 18.2 Å². The Hall–Kier alpha value is -2.18. The number of aliphatic imine (C=N–C) groups is 1. The van der Waals surface area contributed by atoms with E-state index in [1.807, 2.05) is 22.4 Å². The van der Waals surface area contributed by atoms with Gasteiger partial charge in [0.25, 0.3) is 0 Å². The lowest BCUT2D eigenvalue weighted by molar-refractivity contribution is 0.0603. The molecule has 21 heavy (non-hydrogen) atoms. The number of ketones is 1. The van der Waals surface area contributed by atoms with Crippen LogP contribution in [0.25, 0.3) is 0 Å². The zero-order valence-electron chi connectivity index (χ0n) is 11.1. The van der Waals surface area contributed by atoms with Crippen molar-refractivity contribution in [2.24, 2.45) is 4.99 Å². The molecule has 6 heteroatoms. The normalized spacial score (nSPS) is 23.8. The number of carbonyl (C=O) groups is 1. The Morgan fingerprint density at radius 1 is 1.29 bits per heavy atom. The summed E-state index contributed by atoms with van der Waals surface area (Å²) in [5.74, 6) is 0.175. The van der Waals surface area contributed by atoms with Crippen LogP contribution >= 0.6 is 11.3 Å². The Bertz CT molecular complexity index is 765. The zero-order chi connectivity index (χ0) is 14.6. The molecule has 1 atom stereocenters. The minimum absolute atomic E-state index is 0.248. The van der Waals surface area contributed by atoms with Crippen LogP contribution in [0.4, 0.5) is 16.4 Å². The van der Waals surface area contributed by atoms with Crippen LogP contribution in [0.5, 0.6) is 0 Å². The van der Waals surface area contributed by atoms with Crippen molar-refractivity contribution >= 4 is 39.3 Å². The Balaban J connectivity index is 1.84. The Kier molecular flexibility index (Phi) is 2.49. The van der Waals surface area contributed by atoms with E-state index >= 15 is 0 Å². The Labute approximate surface area is 125 Å². The molecular weight excluding hydrogens is 286 g/mol. The summed E-state index contributed by atoms with van der Waals surface area (Å²) in [5.41, 5.74) is 6.28. The maximum Gasteiger partial charge on any atom is 0.205 e. The average Bonchev–Trinajstić information content (AvgIpc) is 3.06. The second-order valence-corrected chi connectivity index (χ2v) is 6.15. The van der Waals surface area contributed by atoms with Crippen LogP contribution in [-0.4, -0.2) is 28.9 Å². The molecule has 2 aromatic rings. The number of thiophene rings is 1. The number of rotatable bonds is 1. The molecule has 0 saturated carbocycles. The standard InChI is InChI=1S/C15H13N3O2S/c16-9-1-3-10(4-2-9)18-7-6-15(20)12(19)11-5-8-21-13(11)17-14(15)18/h1-5,8,20H,6-7,16H2. The third-order valence-corrected chi connectivity index (χ3v) is 4.81. The summed E-state index contributed by atoms with van der Waals surface area (Å²) < 4.78 is 0. The first kappa shape index (κ1) is 12.6. The fraction of sp³-hybridized carbons (Fsp3) is 0.200. The van der Waals surface area contributed by atoms with Gasteiger partial charge in [0, 0.05) is 24.3 Å². The molecule has 1 unspecified atom stereocenters. The summed E-state index contributed by atoms with van der Waals surface area (Å²) in [4.78, 5) is 19.0. The zero-order valence-corrected chi connectivity index (χ0v) is 11.9. The summed E-state index contributed by atoms with van der Waals surface area (Å²) in [6, 6.07) is 9.07. The first-order valence-corrected chi connectivity index (χ1v) is 7.54. The molecule has 1 fully saturated rings. The van der Waals surface area contributed by atoms with E-state index in [4.69, 9.17) is 5.73 Å². The Morgan fingerprint density at radius 3 is 2.81 bits per heavy atom. The molecule has 3 heterocycles. The lowest BCUT2D eigenvalue weighted by Gasteiger charge is -2.28. The van der Waals surface area contributed by atoms with Crippen molar-refractivity contribution in [1.29, 1.82) is 0 Å². The molecule has 106 valence electrons. The number of nitrogens with zero attached hydrogens (tertiary/aromatic N) is 2. The van der Waals surface area contributed by atoms with Crippen molar-refractivity contribution in [2.45, 2.75) is 12.0 Å². The summed E-state index contributed by atoms with van der Waals surface area (Å²) in [7, 11) is 0. The van der Waals surface area contributed by atoms with Gasteiger partial charge in [-0.1, -0.05) is 0 Å². The average molecular weight is 299 g/mol. The summed E-state index contributed by atoms with van der Waals surface area (Å²) in [5, 5.41) is 13.3. The van der Waals surface area contributed by atoms with Crippen LogP contribution < -0.4 is 10.6 Å². The first-order valence-electron chi connectivity index (χ1n) is 6.66. The van der Waals surface area contributed by atoms with Gasteiger partial charge in [0.1, 0.15) is 5.00 Å². The van der Waals surface area contributed by atoms with Crippen LogP contribution in [0.15, 0.2) is 40.7 Å². The number of anilines is 2. The summed E-state index contributed by atoms with van der Waals surface area (Å²) >= 11 is 1.41. The van der Waals surface area contributed by atoms with E-state index in [2.05, 4.69) is 4.99 Å². The SMILES string of the molecule is Nc1ccc(N2CCC3(O)C(=O)c4ccsc4N=C23)cc1. The second kappa shape index (κ2) is 4.16. The fourth-order valence-electron chi connectivity index (χ4n) is 2.87. The molecule has 0 aliphatic carbocycles. The van der Waals surface area contributed by atoms with Crippen LogP contribution in [0.1, 0.15) is 16.8 Å². The molecule has 1 aromatic heterocycles. The predicted octanol–water partition coefficient (Wildman–Crippen LogP) is 2.20. The highest BCUT2D eigenvalue weighted by atomic mass is 32.1. The van der Waals surface area contributed by atoms with E-state index < -0.39 is 5.60 Å². The monoisotopic (exact) mass is 299 g/mol. The van der Waals surface area contributed by atoms with Crippen molar-refractivity contribution < 1.29 is 9.90 Å². The summed E-state index contributed by atoms with van der Waals surface area (Å²) in [6.45, 7) is 0.555. The van der Waals surface area contributed by atoms with Crippen LogP contribution in [-0.2, 0) is 0 Å². The molecule has 0 spiro atoms. The van der Waals surface area contributed by atoms with Gasteiger partial charge in [0.2, 0.25) is 5.78 Å². The van der Waals surface area contributed by atoms with Crippen LogP contribution in [0, 0.1) is 0 Å². The van der Waals surface area contributed by atoms with Crippen molar-refractivity contribution in [1.82, 2.24) is 0 Å². The third kappa shape index (κ3) is 1.66. The van der Waals surface area contributed by atoms with Crippen LogP contribution in [0.3, 0.4) is 0 Å². The molecule has 3 N–H and O–H groups in total. The topological polar surface area (TPSA) is 78.9 Å². The van der Waals surface area contributed by atoms with Crippen molar-refractivity contribution in [3.05, 3.63) is 41.3 Å². The number of fused-ring (bicyclic) bond motifs is 2. The predicted molar refractivity (Wildman–Crippen MR) is 83.5 cm³/mol. The highest BCUT2D eigenvalue weighted by molar-refractivity contribution is 7.14. The first-order chi connectivity index (χ1) is 10.1. The molecule has 2 aliphatic heterocycles. The van der Waals surface area contributed by atoms with Gasteiger partial charge >= 0.3 is 0 Å². The largest absolute Gasteiger partial charge is 0.399 e. The van der Waals surface area contributed by atoms with Gasteiger partial charge in [0.15, 0.2) is 11.4 Å². The number of amidine groups is 1. The number of hydrogen-bond donors (Lipinski definition) is 2. The second-order valence-electron chi connectivity index (χ2n) is 5.26. The Morgan fingerprint density at radius 2 is 2.05 bits per heavy atom. The van der Waals surface area contributed by atoms with E-state index in [0.29, 0.717) is 35.1 Å². The number of nitrogens with two attached hydrogens (primary N) is 1. The van der Waals surface area contributed by atoms with Crippen molar-refractivity contribution in [2.75, 3.05) is 17.2 Å². The number of hydrogen-bond acceptors (Lipinski definition) is 6. The molecule has 1 saturated heterocycles. The maximum atomic E-state index is 12.5. The molecular formula is C15H13N3O2S. The van der Waals surface area contributed by atoms with Gasteiger partial charge in [-0.25, -0.2) is 4.99 Å². The lowest BCUT2D eigenvalue weighted by Crippen LogP contribution is -2.48. The van der Waals surface area contributed by atoms with Gasteiger partial charge in [-0.15, -0.1) is 11.3 Å². The number of aliphatic hydroxyl groups is 1. The third-order valence-electron chi connectivity index (χ3n) is 4.00. The highest BCUT2D eigenvalue weighted by Gasteiger charge is 2.52. The van der Waals surface area contributed by atoms with Gasteiger partial charge in [-0.3, -0.25) is 4.79 Å².